The molecule has 2 aliphatic rings. The summed E-state index contributed by atoms with van der Waals surface area (Å²) in [5.41, 5.74) is 2.03. The maximum atomic E-state index is 12.5. The molecule has 1 aliphatic heterocycles. The second-order valence-corrected chi connectivity index (χ2v) is 7.80. The molecule has 2 fully saturated rings. The van der Waals surface area contributed by atoms with Crippen molar-refractivity contribution in [2.24, 2.45) is 5.92 Å². The zero-order valence-electron chi connectivity index (χ0n) is 16.3. The third kappa shape index (κ3) is 3.96. The van der Waals surface area contributed by atoms with Gasteiger partial charge < -0.3 is 9.80 Å². The van der Waals surface area contributed by atoms with E-state index < -0.39 is 0 Å². The van der Waals surface area contributed by atoms with Crippen LogP contribution in [0.3, 0.4) is 0 Å². The number of nitrogens with zero attached hydrogens (tertiary/aromatic N) is 6. The number of carbonyl (C=O) groups excluding carboxylic acids is 1. The molecule has 4 rings (SSSR count). The van der Waals surface area contributed by atoms with Gasteiger partial charge in [0.15, 0.2) is 5.82 Å². The van der Waals surface area contributed by atoms with Gasteiger partial charge in [0.05, 0.1) is 5.69 Å². The van der Waals surface area contributed by atoms with Crippen molar-refractivity contribution in [3.63, 3.8) is 0 Å². The Morgan fingerprint density at radius 2 is 1.74 bits per heavy atom. The normalized spacial score (nSPS) is 18.3. The third-order valence-electron chi connectivity index (χ3n) is 5.76. The van der Waals surface area contributed by atoms with Crippen LogP contribution in [-0.4, -0.2) is 56.7 Å². The van der Waals surface area contributed by atoms with Crippen LogP contribution in [0.15, 0.2) is 18.5 Å². The van der Waals surface area contributed by atoms with Crippen LogP contribution >= 0.6 is 0 Å². The molecule has 0 aromatic carbocycles. The molecule has 3 heterocycles. The number of rotatable bonds is 4. The first-order valence-electron chi connectivity index (χ1n) is 9.98. The van der Waals surface area contributed by atoms with E-state index in [1.165, 1.54) is 25.7 Å². The molecule has 27 heavy (non-hydrogen) atoms. The molecule has 1 saturated carbocycles. The predicted octanol–water partition coefficient (Wildman–Crippen LogP) is 2.51. The van der Waals surface area contributed by atoms with Crippen molar-refractivity contribution in [2.45, 2.75) is 46.0 Å². The molecule has 0 atom stereocenters. The van der Waals surface area contributed by atoms with E-state index in [0.717, 1.165) is 55.6 Å². The Balaban J connectivity index is 1.39. The summed E-state index contributed by atoms with van der Waals surface area (Å²) in [6.45, 7) is 7.16. The number of carbonyl (C=O) groups is 1. The van der Waals surface area contributed by atoms with Crippen LogP contribution in [0.4, 0.5) is 5.82 Å². The molecule has 0 spiro atoms. The average molecular weight is 368 g/mol. The summed E-state index contributed by atoms with van der Waals surface area (Å²) in [7, 11) is 0. The number of hydrogen-bond acceptors (Lipinski definition) is 5. The van der Waals surface area contributed by atoms with Crippen molar-refractivity contribution in [1.82, 2.24) is 24.6 Å². The maximum Gasteiger partial charge on any atom is 0.222 e. The van der Waals surface area contributed by atoms with E-state index in [-0.39, 0.29) is 0 Å². The lowest BCUT2D eigenvalue weighted by atomic mass is 10.0. The number of amides is 1. The van der Waals surface area contributed by atoms with Gasteiger partial charge in [-0.3, -0.25) is 4.79 Å². The number of aryl methyl sites for hydroxylation is 2. The standard InChI is InChI=1S/C20H28N6O/c1-15-11-16(2)26(23-15)19-13-18(21-14-22-19)24-7-9-25(10-8-24)20(27)12-17-5-3-4-6-17/h11,13-14,17H,3-10,12H2,1-2H3. The molecule has 144 valence electrons. The fraction of sp³-hybridized carbons (Fsp3) is 0.600. The van der Waals surface area contributed by atoms with Crippen molar-refractivity contribution in [1.29, 1.82) is 0 Å². The highest BCUT2D eigenvalue weighted by molar-refractivity contribution is 5.76. The topological polar surface area (TPSA) is 67.2 Å². The molecule has 1 amide bonds. The van der Waals surface area contributed by atoms with Gasteiger partial charge >= 0.3 is 0 Å². The molecule has 7 nitrogen and oxygen atoms in total. The summed E-state index contributed by atoms with van der Waals surface area (Å²) >= 11 is 0. The van der Waals surface area contributed by atoms with Crippen molar-refractivity contribution in [2.75, 3.05) is 31.1 Å². The van der Waals surface area contributed by atoms with Gasteiger partial charge in [0.2, 0.25) is 5.91 Å². The summed E-state index contributed by atoms with van der Waals surface area (Å²) in [5, 5.41) is 4.51. The zero-order valence-corrected chi connectivity index (χ0v) is 16.3. The largest absolute Gasteiger partial charge is 0.353 e. The van der Waals surface area contributed by atoms with E-state index in [0.29, 0.717) is 11.8 Å². The molecule has 7 heteroatoms. The van der Waals surface area contributed by atoms with Gasteiger partial charge in [-0.15, -0.1) is 0 Å². The Hall–Kier alpha value is -2.44. The Labute approximate surface area is 160 Å². The average Bonchev–Trinajstić information content (AvgIpc) is 3.31. The number of anilines is 1. The van der Waals surface area contributed by atoms with Gasteiger partial charge in [0.1, 0.15) is 12.1 Å². The molecule has 0 bridgehead atoms. The lowest BCUT2D eigenvalue weighted by Crippen LogP contribution is -2.49. The van der Waals surface area contributed by atoms with Gasteiger partial charge in [-0.2, -0.15) is 5.10 Å². The van der Waals surface area contributed by atoms with Crippen LogP contribution < -0.4 is 4.90 Å². The van der Waals surface area contributed by atoms with Crippen LogP contribution in [0, 0.1) is 19.8 Å². The van der Waals surface area contributed by atoms with Crippen LogP contribution in [0.2, 0.25) is 0 Å². The molecule has 0 N–H and O–H groups in total. The smallest absolute Gasteiger partial charge is 0.222 e. The summed E-state index contributed by atoms with van der Waals surface area (Å²) in [5.74, 6) is 2.62. The molecule has 0 unspecified atom stereocenters. The first kappa shape index (κ1) is 17.9. The van der Waals surface area contributed by atoms with E-state index in [1.54, 1.807) is 6.33 Å². The van der Waals surface area contributed by atoms with Crippen molar-refractivity contribution in [3.05, 3.63) is 29.8 Å². The summed E-state index contributed by atoms with van der Waals surface area (Å²) in [4.78, 5) is 25.6. The summed E-state index contributed by atoms with van der Waals surface area (Å²) in [6.07, 6.45) is 7.35. The number of piperazine rings is 1. The van der Waals surface area contributed by atoms with E-state index in [1.807, 2.05) is 35.6 Å². The first-order valence-corrected chi connectivity index (χ1v) is 9.98. The van der Waals surface area contributed by atoms with Gasteiger partial charge in [0, 0.05) is 44.4 Å². The van der Waals surface area contributed by atoms with Gasteiger partial charge in [0.25, 0.3) is 0 Å². The quantitative estimate of drug-likeness (QED) is 0.829. The highest BCUT2D eigenvalue weighted by atomic mass is 16.2. The Morgan fingerprint density at radius 1 is 1.04 bits per heavy atom. The minimum atomic E-state index is 0.326. The lowest BCUT2D eigenvalue weighted by Gasteiger charge is -2.35. The second-order valence-electron chi connectivity index (χ2n) is 7.80. The van der Waals surface area contributed by atoms with Gasteiger partial charge in [-0.1, -0.05) is 12.8 Å². The molecule has 0 radical (unpaired) electrons. The van der Waals surface area contributed by atoms with Crippen LogP contribution in [-0.2, 0) is 4.79 Å². The molecule has 1 saturated heterocycles. The summed E-state index contributed by atoms with van der Waals surface area (Å²) < 4.78 is 1.85. The highest BCUT2D eigenvalue weighted by Crippen LogP contribution is 2.28. The molecule has 2 aromatic heterocycles. The summed E-state index contributed by atoms with van der Waals surface area (Å²) in [6, 6.07) is 4.02. The lowest BCUT2D eigenvalue weighted by molar-refractivity contribution is -0.132. The fourth-order valence-corrected chi connectivity index (χ4v) is 4.26. The number of aromatic nitrogens is 4. The van der Waals surface area contributed by atoms with E-state index >= 15 is 0 Å². The van der Waals surface area contributed by atoms with Crippen molar-refractivity contribution < 1.29 is 4.79 Å². The Morgan fingerprint density at radius 3 is 2.41 bits per heavy atom. The second kappa shape index (κ2) is 7.66. The van der Waals surface area contributed by atoms with Crippen LogP contribution in [0.1, 0.15) is 43.5 Å². The highest BCUT2D eigenvalue weighted by Gasteiger charge is 2.25. The van der Waals surface area contributed by atoms with E-state index in [9.17, 15) is 4.79 Å². The number of hydrogen-bond donors (Lipinski definition) is 0. The Kier molecular flexibility index (Phi) is 5.09. The Bertz CT molecular complexity index is 803. The minimum absolute atomic E-state index is 0.326. The predicted molar refractivity (Wildman–Crippen MR) is 104 cm³/mol. The van der Waals surface area contributed by atoms with Gasteiger partial charge in [-0.25, -0.2) is 14.6 Å². The molecular weight excluding hydrogens is 340 g/mol. The van der Waals surface area contributed by atoms with E-state index in [4.69, 9.17) is 0 Å². The first-order chi connectivity index (χ1) is 13.1. The molecule has 1 aliphatic carbocycles. The zero-order chi connectivity index (χ0) is 18.8. The fourth-order valence-electron chi connectivity index (χ4n) is 4.26. The van der Waals surface area contributed by atoms with Crippen molar-refractivity contribution in [3.8, 4) is 5.82 Å². The third-order valence-corrected chi connectivity index (χ3v) is 5.76. The van der Waals surface area contributed by atoms with Crippen molar-refractivity contribution >= 4 is 11.7 Å². The molecule has 2 aromatic rings. The van der Waals surface area contributed by atoms with E-state index in [2.05, 4.69) is 20.0 Å². The monoisotopic (exact) mass is 368 g/mol. The maximum absolute atomic E-state index is 12.5. The molecular formula is C20H28N6O. The minimum Gasteiger partial charge on any atom is -0.353 e. The van der Waals surface area contributed by atoms with Crippen LogP contribution in [0.5, 0.6) is 0 Å². The SMILES string of the molecule is Cc1cc(C)n(-c2cc(N3CCN(C(=O)CC4CCCC4)CC3)ncn2)n1. The van der Waals surface area contributed by atoms with Crippen LogP contribution in [0.25, 0.3) is 5.82 Å². The van der Waals surface area contributed by atoms with Gasteiger partial charge in [-0.05, 0) is 38.7 Å².